The maximum Gasteiger partial charge on any atom is 0.0804 e. The predicted octanol–water partition coefficient (Wildman–Crippen LogP) is 3.31. The minimum atomic E-state index is 0.226. The minimum Gasteiger partial charge on any atom is -0.285 e. The van der Waals surface area contributed by atoms with Crippen LogP contribution in [-0.2, 0) is 0 Å². The Kier molecular flexibility index (Phi) is 2.26. The zero-order valence-corrected chi connectivity index (χ0v) is 8.88. The van der Waals surface area contributed by atoms with Crippen molar-refractivity contribution in [2.45, 2.75) is 12.5 Å². The van der Waals surface area contributed by atoms with Crippen LogP contribution in [0.5, 0.6) is 0 Å². The molecule has 0 fully saturated rings. The van der Waals surface area contributed by atoms with Crippen LogP contribution in [-0.4, -0.2) is 11.2 Å². The van der Waals surface area contributed by atoms with Gasteiger partial charge in [0.05, 0.1) is 6.04 Å². The Bertz CT molecular complexity index is 564. The summed E-state index contributed by atoms with van der Waals surface area (Å²) in [5.74, 6) is 0. The first kappa shape index (κ1) is 9.28. The van der Waals surface area contributed by atoms with Gasteiger partial charge < -0.3 is 0 Å². The normalized spacial score (nSPS) is 19.1. The Balaban J connectivity index is 2.16. The first-order valence-corrected chi connectivity index (χ1v) is 5.46. The van der Waals surface area contributed by atoms with Gasteiger partial charge in [-0.25, -0.2) is 0 Å². The Morgan fingerprint density at radius 2 is 2.06 bits per heavy atom. The highest BCUT2D eigenvalue weighted by Gasteiger charge is 2.12. The molecule has 2 aromatic rings. The Labute approximate surface area is 94.4 Å². The summed E-state index contributed by atoms with van der Waals surface area (Å²) in [5.41, 5.74) is 1.22. The molecule has 16 heavy (non-hydrogen) atoms. The number of pyridine rings is 1. The van der Waals surface area contributed by atoms with Crippen LogP contribution in [0, 0.1) is 0 Å². The van der Waals surface area contributed by atoms with Crippen molar-refractivity contribution in [3.05, 3.63) is 54.4 Å². The van der Waals surface area contributed by atoms with E-state index in [1.165, 1.54) is 16.3 Å². The lowest BCUT2D eigenvalue weighted by molar-refractivity contribution is 0.743. The second-order valence-electron chi connectivity index (χ2n) is 3.93. The molecule has 2 heterocycles. The second kappa shape index (κ2) is 3.89. The number of rotatable bonds is 1. The molecule has 0 saturated carbocycles. The number of hydrogen-bond donors (Lipinski definition) is 0. The Hall–Kier alpha value is -1.96. The molecule has 1 aromatic heterocycles. The second-order valence-corrected chi connectivity index (χ2v) is 3.93. The van der Waals surface area contributed by atoms with E-state index in [1.807, 2.05) is 30.8 Å². The van der Waals surface area contributed by atoms with Gasteiger partial charge in [-0.1, -0.05) is 30.3 Å². The highest BCUT2D eigenvalue weighted by molar-refractivity contribution is 5.85. The molecule has 0 aliphatic carbocycles. The quantitative estimate of drug-likeness (QED) is 0.705. The van der Waals surface area contributed by atoms with Crippen LogP contribution >= 0.6 is 0 Å². The Morgan fingerprint density at radius 1 is 1.12 bits per heavy atom. The number of hydrogen-bond acceptors (Lipinski definition) is 2. The summed E-state index contributed by atoms with van der Waals surface area (Å²) >= 11 is 0. The largest absolute Gasteiger partial charge is 0.285 e. The molecule has 0 N–H and O–H groups in total. The molecular weight excluding hydrogens is 196 g/mol. The molecule has 3 rings (SSSR count). The zero-order valence-electron chi connectivity index (χ0n) is 8.88. The average Bonchev–Trinajstić information content (AvgIpc) is 2.39. The van der Waals surface area contributed by atoms with Gasteiger partial charge in [0.1, 0.15) is 0 Å². The molecule has 1 aromatic carbocycles. The SMILES string of the molecule is C1=CCC(c2cncc3ccccc23)N=C1. The first-order valence-electron chi connectivity index (χ1n) is 5.46. The van der Waals surface area contributed by atoms with Crippen LogP contribution in [0.3, 0.4) is 0 Å². The molecule has 0 spiro atoms. The third-order valence-electron chi connectivity index (χ3n) is 2.91. The molecule has 0 amide bonds. The van der Waals surface area contributed by atoms with Crippen LogP contribution < -0.4 is 0 Å². The smallest absolute Gasteiger partial charge is 0.0804 e. The van der Waals surface area contributed by atoms with Gasteiger partial charge in [0.25, 0.3) is 0 Å². The van der Waals surface area contributed by atoms with E-state index in [-0.39, 0.29) is 6.04 Å². The lowest BCUT2D eigenvalue weighted by atomic mass is 9.99. The van der Waals surface area contributed by atoms with Crippen molar-refractivity contribution in [1.29, 1.82) is 0 Å². The summed E-state index contributed by atoms with van der Waals surface area (Å²) in [6, 6.07) is 8.56. The van der Waals surface area contributed by atoms with E-state index in [2.05, 4.69) is 34.3 Å². The Morgan fingerprint density at radius 3 is 2.94 bits per heavy atom. The summed E-state index contributed by atoms with van der Waals surface area (Å²) in [7, 11) is 0. The number of fused-ring (bicyclic) bond motifs is 1. The molecule has 0 saturated heterocycles. The molecule has 1 unspecified atom stereocenters. The number of benzene rings is 1. The van der Waals surface area contributed by atoms with Gasteiger partial charge in [-0.3, -0.25) is 9.98 Å². The number of dihydropyridines is 1. The lowest BCUT2D eigenvalue weighted by Crippen LogP contribution is -1.99. The van der Waals surface area contributed by atoms with Crippen LogP contribution in [0.25, 0.3) is 10.8 Å². The fraction of sp³-hybridized carbons (Fsp3) is 0.143. The molecule has 0 radical (unpaired) electrons. The third-order valence-corrected chi connectivity index (χ3v) is 2.91. The summed E-state index contributed by atoms with van der Waals surface area (Å²) in [5, 5.41) is 2.44. The lowest BCUT2D eigenvalue weighted by Gasteiger charge is -2.14. The fourth-order valence-electron chi connectivity index (χ4n) is 2.10. The average molecular weight is 208 g/mol. The van der Waals surface area contributed by atoms with Gasteiger partial charge in [0.2, 0.25) is 0 Å². The zero-order chi connectivity index (χ0) is 10.8. The van der Waals surface area contributed by atoms with Crippen molar-refractivity contribution in [2.75, 3.05) is 0 Å². The van der Waals surface area contributed by atoms with E-state index in [9.17, 15) is 0 Å². The van der Waals surface area contributed by atoms with Crippen molar-refractivity contribution in [3.63, 3.8) is 0 Å². The van der Waals surface area contributed by atoms with E-state index in [0.29, 0.717) is 0 Å². The molecule has 2 nitrogen and oxygen atoms in total. The summed E-state index contributed by atoms with van der Waals surface area (Å²) in [6.07, 6.45) is 10.8. The van der Waals surface area contributed by atoms with Gasteiger partial charge in [0.15, 0.2) is 0 Å². The van der Waals surface area contributed by atoms with Gasteiger partial charge in [-0.15, -0.1) is 0 Å². The number of aromatic nitrogens is 1. The summed E-state index contributed by atoms with van der Waals surface area (Å²) in [4.78, 5) is 8.79. The highest BCUT2D eigenvalue weighted by Crippen LogP contribution is 2.29. The molecule has 2 heteroatoms. The summed E-state index contributed by atoms with van der Waals surface area (Å²) in [6.45, 7) is 0. The van der Waals surface area contributed by atoms with E-state index in [1.54, 1.807) is 0 Å². The molecule has 0 bridgehead atoms. The van der Waals surface area contributed by atoms with Gasteiger partial charge in [-0.2, -0.15) is 0 Å². The molecule has 1 aliphatic heterocycles. The third kappa shape index (κ3) is 1.52. The topological polar surface area (TPSA) is 25.2 Å². The molecule has 78 valence electrons. The van der Waals surface area contributed by atoms with Crippen molar-refractivity contribution >= 4 is 17.0 Å². The van der Waals surface area contributed by atoms with E-state index in [0.717, 1.165) is 6.42 Å². The van der Waals surface area contributed by atoms with Crippen LogP contribution in [0.2, 0.25) is 0 Å². The fourth-order valence-corrected chi connectivity index (χ4v) is 2.10. The van der Waals surface area contributed by atoms with E-state index < -0.39 is 0 Å². The first-order chi connectivity index (χ1) is 7.95. The van der Waals surface area contributed by atoms with Crippen LogP contribution in [0.4, 0.5) is 0 Å². The molecule has 1 atom stereocenters. The van der Waals surface area contributed by atoms with E-state index >= 15 is 0 Å². The van der Waals surface area contributed by atoms with E-state index in [4.69, 9.17) is 0 Å². The highest BCUT2D eigenvalue weighted by atomic mass is 14.8. The van der Waals surface area contributed by atoms with Crippen LogP contribution in [0.15, 0.2) is 53.8 Å². The van der Waals surface area contributed by atoms with Crippen molar-refractivity contribution in [1.82, 2.24) is 4.98 Å². The van der Waals surface area contributed by atoms with Gasteiger partial charge >= 0.3 is 0 Å². The standard InChI is InChI=1S/C14H12N2/c1-2-6-12-11(5-1)9-15-10-13(12)14-7-3-4-8-16-14/h1-6,8-10,14H,7H2. The monoisotopic (exact) mass is 208 g/mol. The number of nitrogens with zero attached hydrogens (tertiary/aromatic N) is 2. The van der Waals surface area contributed by atoms with Crippen molar-refractivity contribution in [2.24, 2.45) is 4.99 Å². The molecular formula is C14H12N2. The predicted molar refractivity (Wildman–Crippen MR) is 66.7 cm³/mol. The van der Waals surface area contributed by atoms with Gasteiger partial charge in [0, 0.05) is 29.6 Å². The number of aliphatic imine (C=N–C) groups is 1. The molecule has 1 aliphatic rings. The summed E-state index contributed by atoms with van der Waals surface area (Å²) < 4.78 is 0. The van der Waals surface area contributed by atoms with Crippen molar-refractivity contribution in [3.8, 4) is 0 Å². The van der Waals surface area contributed by atoms with Crippen LogP contribution in [0.1, 0.15) is 18.0 Å². The maximum absolute atomic E-state index is 4.50. The van der Waals surface area contributed by atoms with Crippen molar-refractivity contribution < 1.29 is 0 Å². The maximum atomic E-state index is 4.50. The number of allylic oxidation sites excluding steroid dienone is 1. The van der Waals surface area contributed by atoms with Gasteiger partial charge in [-0.05, 0) is 17.9 Å². The minimum absolute atomic E-state index is 0.226.